The van der Waals surface area contributed by atoms with Crippen LogP contribution in [0.4, 0.5) is 5.69 Å². The molecule has 1 aliphatic rings. The van der Waals surface area contributed by atoms with Crippen molar-refractivity contribution in [2.75, 3.05) is 13.2 Å². The number of piperidine rings is 1. The molecule has 1 aromatic carbocycles. The molecule has 7 heteroatoms. The number of likely N-dealkylation sites (tertiary alicyclic amines) is 1. The molecule has 0 aromatic heterocycles. The molecule has 0 saturated carbocycles. The normalized spacial score (nSPS) is 18.1. The van der Waals surface area contributed by atoms with Crippen LogP contribution in [0, 0.1) is 10.1 Å². The highest BCUT2D eigenvalue weighted by Crippen LogP contribution is 2.30. The van der Waals surface area contributed by atoms with Gasteiger partial charge in [0, 0.05) is 23.7 Å². The zero-order chi connectivity index (χ0) is 16.1. The number of carbonyl (C=O) groups excluding carboxylic acids is 1. The Labute approximate surface area is 134 Å². The molecule has 1 unspecified atom stereocenters. The Bertz CT molecular complexity index is 564. The van der Waals surface area contributed by atoms with Crippen LogP contribution in [0.25, 0.3) is 0 Å². The molecule has 1 aliphatic heterocycles. The first-order valence-corrected chi connectivity index (χ1v) is 7.77. The average Bonchev–Trinajstić information content (AvgIpc) is 2.53. The van der Waals surface area contributed by atoms with Crippen LogP contribution in [0.5, 0.6) is 5.75 Å². The molecule has 1 fully saturated rings. The van der Waals surface area contributed by atoms with Gasteiger partial charge in [0.05, 0.1) is 4.92 Å². The number of amides is 1. The summed E-state index contributed by atoms with van der Waals surface area (Å²) in [6.45, 7) is 2.59. The van der Waals surface area contributed by atoms with Gasteiger partial charge >= 0.3 is 5.69 Å². The SMILES string of the molecule is CCC1CCCCN1C(=O)COc1ccc(Cl)cc1[N+](=O)[O-]. The van der Waals surface area contributed by atoms with Crippen LogP contribution in [0.2, 0.25) is 5.02 Å². The van der Waals surface area contributed by atoms with Gasteiger partial charge in [-0.2, -0.15) is 0 Å². The van der Waals surface area contributed by atoms with Crippen molar-refractivity contribution >= 4 is 23.2 Å². The van der Waals surface area contributed by atoms with E-state index in [0.29, 0.717) is 0 Å². The summed E-state index contributed by atoms with van der Waals surface area (Å²) in [4.78, 5) is 24.5. The van der Waals surface area contributed by atoms with E-state index >= 15 is 0 Å². The Balaban J connectivity index is 2.03. The predicted molar refractivity (Wildman–Crippen MR) is 83.2 cm³/mol. The molecule has 1 aromatic rings. The van der Waals surface area contributed by atoms with Crippen molar-refractivity contribution in [2.45, 2.75) is 38.6 Å². The summed E-state index contributed by atoms with van der Waals surface area (Å²) in [5.74, 6) is -0.0661. The van der Waals surface area contributed by atoms with Gasteiger partial charge in [-0.25, -0.2) is 0 Å². The van der Waals surface area contributed by atoms with Gasteiger partial charge in [-0.15, -0.1) is 0 Å². The van der Waals surface area contributed by atoms with Gasteiger partial charge in [-0.05, 0) is 37.8 Å². The third kappa shape index (κ3) is 3.88. The molecule has 0 bridgehead atoms. The lowest BCUT2D eigenvalue weighted by Crippen LogP contribution is -2.45. The van der Waals surface area contributed by atoms with Gasteiger partial charge in [-0.1, -0.05) is 18.5 Å². The van der Waals surface area contributed by atoms with Crippen LogP contribution in [-0.2, 0) is 4.79 Å². The van der Waals surface area contributed by atoms with Crippen molar-refractivity contribution in [1.29, 1.82) is 0 Å². The molecule has 2 rings (SSSR count). The first-order valence-electron chi connectivity index (χ1n) is 7.39. The van der Waals surface area contributed by atoms with Gasteiger partial charge < -0.3 is 9.64 Å². The summed E-state index contributed by atoms with van der Waals surface area (Å²) in [7, 11) is 0. The number of benzene rings is 1. The van der Waals surface area contributed by atoms with Gasteiger partial charge in [0.15, 0.2) is 12.4 Å². The molecule has 0 N–H and O–H groups in total. The number of hydrogen-bond donors (Lipinski definition) is 0. The quantitative estimate of drug-likeness (QED) is 0.614. The average molecular weight is 327 g/mol. The fourth-order valence-electron chi connectivity index (χ4n) is 2.73. The molecule has 1 atom stereocenters. The highest BCUT2D eigenvalue weighted by Gasteiger charge is 2.26. The molecule has 22 heavy (non-hydrogen) atoms. The Morgan fingerprint density at radius 1 is 1.50 bits per heavy atom. The zero-order valence-corrected chi connectivity index (χ0v) is 13.2. The zero-order valence-electron chi connectivity index (χ0n) is 12.5. The predicted octanol–water partition coefficient (Wildman–Crippen LogP) is 3.42. The van der Waals surface area contributed by atoms with Crippen molar-refractivity contribution in [3.05, 3.63) is 33.3 Å². The topological polar surface area (TPSA) is 72.7 Å². The minimum Gasteiger partial charge on any atom is -0.477 e. The van der Waals surface area contributed by atoms with Crippen molar-refractivity contribution in [1.82, 2.24) is 4.90 Å². The molecule has 1 heterocycles. The summed E-state index contributed by atoms with van der Waals surface area (Å²) < 4.78 is 5.37. The summed E-state index contributed by atoms with van der Waals surface area (Å²) in [6, 6.07) is 4.38. The van der Waals surface area contributed by atoms with Crippen LogP contribution in [0.3, 0.4) is 0 Å². The molecule has 120 valence electrons. The van der Waals surface area contributed by atoms with Gasteiger partial charge in [0.1, 0.15) is 0 Å². The monoisotopic (exact) mass is 326 g/mol. The lowest BCUT2D eigenvalue weighted by Gasteiger charge is -2.35. The first kappa shape index (κ1) is 16.5. The van der Waals surface area contributed by atoms with Gasteiger partial charge in [-0.3, -0.25) is 14.9 Å². The third-order valence-electron chi connectivity index (χ3n) is 3.89. The van der Waals surface area contributed by atoms with Crippen molar-refractivity contribution in [3.8, 4) is 5.75 Å². The maximum Gasteiger partial charge on any atom is 0.312 e. The summed E-state index contributed by atoms with van der Waals surface area (Å²) in [6.07, 6.45) is 4.03. The molecular formula is C15H19ClN2O4. The summed E-state index contributed by atoms with van der Waals surface area (Å²) in [5, 5.41) is 11.2. The minimum atomic E-state index is -0.568. The Morgan fingerprint density at radius 2 is 2.27 bits per heavy atom. The summed E-state index contributed by atoms with van der Waals surface area (Å²) >= 11 is 5.75. The van der Waals surface area contributed by atoms with Crippen molar-refractivity contribution in [2.24, 2.45) is 0 Å². The van der Waals surface area contributed by atoms with Crippen LogP contribution in [0.1, 0.15) is 32.6 Å². The molecule has 0 aliphatic carbocycles. The van der Waals surface area contributed by atoms with E-state index in [2.05, 4.69) is 6.92 Å². The van der Waals surface area contributed by atoms with E-state index in [1.807, 2.05) is 4.90 Å². The van der Waals surface area contributed by atoms with E-state index in [-0.39, 0.29) is 35.0 Å². The third-order valence-corrected chi connectivity index (χ3v) is 4.12. The number of nitro benzene ring substituents is 1. The number of ether oxygens (including phenoxy) is 1. The molecule has 1 amide bonds. The second-order valence-corrected chi connectivity index (χ2v) is 5.74. The van der Waals surface area contributed by atoms with E-state index in [4.69, 9.17) is 16.3 Å². The number of nitro groups is 1. The van der Waals surface area contributed by atoms with E-state index in [1.54, 1.807) is 0 Å². The van der Waals surface area contributed by atoms with E-state index in [1.165, 1.54) is 18.2 Å². The maximum atomic E-state index is 12.3. The lowest BCUT2D eigenvalue weighted by atomic mass is 10.00. The summed E-state index contributed by atoms with van der Waals surface area (Å²) in [5.41, 5.74) is -0.231. The fraction of sp³-hybridized carbons (Fsp3) is 0.533. The first-order chi connectivity index (χ1) is 10.5. The van der Waals surface area contributed by atoms with Gasteiger partial charge in [0.2, 0.25) is 0 Å². The molecular weight excluding hydrogens is 308 g/mol. The van der Waals surface area contributed by atoms with Gasteiger partial charge in [0.25, 0.3) is 5.91 Å². The minimum absolute atomic E-state index is 0.0628. The molecule has 0 radical (unpaired) electrons. The lowest BCUT2D eigenvalue weighted by molar-refractivity contribution is -0.385. The van der Waals surface area contributed by atoms with Crippen LogP contribution >= 0.6 is 11.6 Å². The van der Waals surface area contributed by atoms with Crippen molar-refractivity contribution in [3.63, 3.8) is 0 Å². The van der Waals surface area contributed by atoms with Crippen LogP contribution in [-0.4, -0.2) is 34.9 Å². The second-order valence-electron chi connectivity index (χ2n) is 5.30. The van der Waals surface area contributed by atoms with E-state index in [0.717, 1.165) is 32.2 Å². The highest BCUT2D eigenvalue weighted by atomic mass is 35.5. The standard InChI is InChI=1S/C15H19ClN2O4/c1-2-12-5-3-4-8-17(12)15(19)10-22-14-7-6-11(16)9-13(14)18(20)21/h6-7,9,12H,2-5,8,10H2,1H3. The number of nitrogens with zero attached hydrogens (tertiary/aromatic N) is 2. The number of carbonyl (C=O) groups is 1. The number of rotatable bonds is 5. The molecule has 0 spiro atoms. The molecule has 6 nitrogen and oxygen atoms in total. The number of hydrogen-bond acceptors (Lipinski definition) is 4. The Hall–Kier alpha value is -1.82. The van der Waals surface area contributed by atoms with E-state index < -0.39 is 4.92 Å². The van der Waals surface area contributed by atoms with Crippen LogP contribution < -0.4 is 4.74 Å². The Kier molecular flexibility index (Phi) is 5.60. The maximum absolute atomic E-state index is 12.3. The van der Waals surface area contributed by atoms with Crippen molar-refractivity contribution < 1.29 is 14.5 Å². The van der Waals surface area contributed by atoms with Crippen LogP contribution in [0.15, 0.2) is 18.2 Å². The molecule has 1 saturated heterocycles. The Morgan fingerprint density at radius 3 is 2.95 bits per heavy atom. The smallest absolute Gasteiger partial charge is 0.312 e. The fourth-order valence-corrected chi connectivity index (χ4v) is 2.90. The number of halogens is 1. The second kappa shape index (κ2) is 7.45. The van der Waals surface area contributed by atoms with E-state index in [9.17, 15) is 14.9 Å². The largest absolute Gasteiger partial charge is 0.477 e. The highest BCUT2D eigenvalue weighted by molar-refractivity contribution is 6.30.